The van der Waals surface area contributed by atoms with E-state index in [9.17, 15) is 0 Å². The third kappa shape index (κ3) is 3.77. The van der Waals surface area contributed by atoms with Gasteiger partial charge in [0.25, 0.3) is 0 Å². The van der Waals surface area contributed by atoms with Gasteiger partial charge in [-0.3, -0.25) is 0 Å². The molecule has 0 saturated carbocycles. The molecule has 0 aliphatic carbocycles. The van der Waals surface area contributed by atoms with E-state index in [1.54, 1.807) is 0 Å². The maximum Gasteiger partial charge on any atom is -0.168 e. The van der Waals surface area contributed by atoms with Gasteiger partial charge in [0.2, 0.25) is 0 Å². The molecule has 0 fully saturated rings. The first-order valence-corrected chi connectivity index (χ1v) is 3.83. The van der Waals surface area contributed by atoms with Gasteiger partial charge in [-0.1, -0.05) is 0 Å². The van der Waals surface area contributed by atoms with Gasteiger partial charge < -0.3 is 63.8 Å². The van der Waals surface area contributed by atoms with Crippen molar-refractivity contribution in [3.63, 3.8) is 0 Å². The van der Waals surface area contributed by atoms with Crippen molar-refractivity contribution in [1.29, 1.82) is 0 Å². The van der Waals surface area contributed by atoms with Crippen molar-refractivity contribution in [3.05, 3.63) is 63.8 Å². The van der Waals surface area contributed by atoms with Crippen LogP contribution in [-0.2, 0) is 0 Å². The van der Waals surface area contributed by atoms with Crippen LogP contribution in [0, 0.1) is 41.5 Å². The molecule has 0 amide bonds. The second-order valence-corrected chi connectivity index (χ2v) is 2.91. The molecule has 0 nitrogen and oxygen atoms in total. The molecular formula is C12H16-6. The standard InChI is InChI=1S/C12H16/c1-9(2)11(5)7-8-12(6)10(3)4/h1-8H2/q-6. The van der Waals surface area contributed by atoms with E-state index in [1.807, 2.05) is 0 Å². The molecule has 0 aromatic heterocycles. The van der Waals surface area contributed by atoms with E-state index < -0.39 is 0 Å². The Balaban J connectivity index is 4.03. The summed E-state index contributed by atoms with van der Waals surface area (Å²) in [6.07, 6.45) is 1.69. The molecular weight excluding hydrogens is 144 g/mol. The minimum atomic E-state index is 0.789. The van der Waals surface area contributed by atoms with Gasteiger partial charge in [0.15, 0.2) is 0 Å². The average Bonchev–Trinajstić information content (AvgIpc) is 1.98. The zero-order valence-electron chi connectivity index (χ0n) is 7.66. The van der Waals surface area contributed by atoms with E-state index in [0.29, 0.717) is 0 Å². The quantitative estimate of drug-likeness (QED) is 0.555. The van der Waals surface area contributed by atoms with Crippen molar-refractivity contribution in [2.24, 2.45) is 0 Å². The van der Waals surface area contributed by atoms with Gasteiger partial charge in [-0.25, -0.2) is 0 Å². The predicted octanol–water partition coefficient (Wildman–Crippen LogP) is 3.36. The first-order chi connectivity index (χ1) is 5.45. The Labute approximate surface area is 77.4 Å². The summed E-state index contributed by atoms with van der Waals surface area (Å²) in [7, 11) is 0. The topological polar surface area (TPSA) is 0 Å². The molecule has 0 N–H and O–H groups in total. The SMILES string of the molecule is [CH2-]C([CH2-])=C([CH2-])CCC([CH2-])=C([CH2-])[CH2-]. The van der Waals surface area contributed by atoms with E-state index in [2.05, 4.69) is 41.5 Å². The summed E-state index contributed by atoms with van der Waals surface area (Å²) in [6, 6.07) is 0. The van der Waals surface area contributed by atoms with Crippen LogP contribution in [0.5, 0.6) is 0 Å². The lowest BCUT2D eigenvalue weighted by atomic mass is 10.0. The second kappa shape index (κ2) is 4.55. The molecule has 0 atom stereocenters. The molecule has 70 valence electrons. The highest BCUT2D eigenvalue weighted by atomic mass is 14.0. The molecule has 0 aromatic carbocycles. The highest BCUT2D eigenvalue weighted by molar-refractivity contribution is 5.26. The minimum absolute atomic E-state index is 0.789. The number of hydrogen-bond acceptors (Lipinski definition) is 0. The van der Waals surface area contributed by atoms with E-state index in [-0.39, 0.29) is 0 Å². The monoisotopic (exact) mass is 160 g/mol. The van der Waals surface area contributed by atoms with Crippen molar-refractivity contribution in [2.75, 3.05) is 0 Å². The van der Waals surface area contributed by atoms with Crippen LogP contribution in [0.4, 0.5) is 0 Å². The molecule has 0 heterocycles. The molecule has 0 radical (unpaired) electrons. The van der Waals surface area contributed by atoms with Gasteiger partial charge in [-0.2, -0.15) is 12.8 Å². The Morgan fingerprint density at radius 1 is 0.583 bits per heavy atom. The number of allylic oxidation sites excluding steroid dienone is 4. The molecule has 12 heavy (non-hydrogen) atoms. The summed E-state index contributed by atoms with van der Waals surface area (Å²) in [5.74, 6) is 0. The van der Waals surface area contributed by atoms with Crippen LogP contribution < -0.4 is 0 Å². The summed E-state index contributed by atoms with van der Waals surface area (Å²) in [5, 5.41) is 0. The third-order valence-electron chi connectivity index (χ3n) is 1.73. The van der Waals surface area contributed by atoms with Crippen molar-refractivity contribution >= 4 is 0 Å². The zero-order valence-corrected chi connectivity index (χ0v) is 7.66. The van der Waals surface area contributed by atoms with Crippen LogP contribution >= 0.6 is 0 Å². The molecule has 0 aromatic rings. The minimum Gasteiger partial charge on any atom is -0.517 e. The van der Waals surface area contributed by atoms with Crippen molar-refractivity contribution in [1.82, 2.24) is 0 Å². The fourth-order valence-electron chi connectivity index (χ4n) is 0.655. The maximum absolute atomic E-state index is 3.83. The molecule has 0 aliphatic rings. The van der Waals surface area contributed by atoms with Crippen molar-refractivity contribution in [2.45, 2.75) is 12.8 Å². The molecule has 0 spiro atoms. The molecule has 0 aliphatic heterocycles. The van der Waals surface area contributed by atoms with Crippen LogP contribution in [0.2, 0.25) is 0 Å². The summed E-state index contributed by atoms with van der Waals surface area (Å²) < 4.78 is 0. The lowest BCUT2D eigenvalue weighted by molar-refractivity contribution is 0.956. The normalized spacial score (nSPS) is 9.00. The van der Waals surface area contributed by atoms with Gasteiger partial charge in [0.1, 0.15) is 0 Å². The van der Waals surface area contributed by atoms with Crippen LogP contribution in [-0.4, -0.2) is 0 Å². The highest BCUT2D eigenvalue weighted by Crippen LogP contribution is 2.15. The lowest BCUT2D eigenvalue weighted by Crippen LogP contribution is -1.86. The second-order valence-electron chi connectivity index (χ2n) is 2.91. The summed E-state index contributed by atoms with van der Waals surface area (Å²) in [4.78, 5) is 0. The molecule has 0 saturated heterocycles. The molecule has 0 bridgehead atoms. The first kappa shape index (κ1) is 10.7. The van der Waals surface area contributed by atoms with Gasteiger partial charge >= 0.3 is 0 Å². The Bertz CT molecular complexity index is 172. The smallest absolute Gasteiger partial charge is 0.168 e. The van der Waals surface area contributed by atoms with Crippen LogP contribution in [0.25, 0.3) is 0 Å². The Morgan fingerprint density at radius 2 is 0.833 bits per heavy atom. The van der Waals surface area contributed by atoms with E-state index in [0.717, 1.165) is 35.1 Å². The largest absolute Gasteiger partial charge is 0.517 e. The van der Waals surface area contributed by atoms with Crippen LogP contribution in [0.15, 0.2) is 22.3 Å². The number of hydrogen-bond donors (Lipinski definition) is 0. The fourth-order valence-corrected chi connectivity index (χ4v) is 0.655. The Kier molecular flexibility index (Phi) is 4.06. The predicted molar refractivity (Wildman–Crippen MR) is 55.4 cm³/mol. The number of rotatable bonds is 3. The van der Waals surface area contributed by atoms with Gasteiger partial charge in [-0.15, -0.1) is 0 Å². The summed E-state index contributed by atoms with van der Waals surface area (Å²) in [5.41, 5.74) is 3.52. The van der Waals surface area contributed by atoms with Gasteiger partial charge in [0, 0.05) is 0 Å². The Morgan fingerprint density at radius 3 is 1.00 bits per heavy atom. The first-order valence-electron chi connectivity index (χ1n) is 3.83. The molecule has 0 unspecified atom stereocenters. The molecule has 0 heteroatoms. The Hall–Kier alpha value is -1.30. The van der Waals surface area contributed by atoms with Crippen molar-refractivity contribution < 1.29 is 0 Å². The van der Waals surface area contributed by atoms with Crippen molar-refractivity contribution in [3.8, 4) is 0 Å². The van der Waals surface area contributed by atoms with Crippen LogP contribution in [0.3, 0.4) is 0 Å². The molecule has 0 rings (SSSR count). The average molecular weight is 160 g/mol. The van der Waals surface area contributed by atoms with E-state index in [4.69, 9.17) is 0 Å². The summed E-state index contributed by atoms with van der Waals surface area (Å²) in [6.45, 7) is 22.5. The maximum atomic E-state index is 3.83. The zero-order chi connectivity index (χ0) is 9.72. The fraction of sp³-hybridized carbons (Fsp3) is 0.167. The summed E-state index contributed by atoms with van der Waals surface area (Å²) >= 11 is 0. The van der Waals surface area contributed by atoms with Crippen LogP contribution in [0.1, 0.15) is 12.8 Å². The van der Waals surface area contributed by atoms with E-state index >= 15 is 0 Å². The van der Waals surface area contributed by atoms with Gasteiger partial charge in [-0.05, 0) is 0 Å². The third-order valence-corrected chi connectivity index (χ3v) is 1.73. The van der Waals surface area contributed by atoms with Gasteiger partial charge in [0.05, 0.1) is 0 Å². The van der Waals surface area contributed by atoms with E-state index in [1.165, 1.54) is 0 Å². The highest BCUT2D eigenvalue weighted by Gasteiger charge is 1.67. The lowest BCUT2D eigenvalue weighted by Gasteiger charge is -2.37.